The van der Waals surface area contributed by atoms with E-state index in [0.717, 1.165) is 39.5 Å². The summed E-state index contributed by atoms with van der Waals surface area (Å²) < 4.78 is 7.74. The van der Waals surface area contributed by atoms with E-state index in [9.17, 15) is 0 Å². The number of methoxy groups -OCH3 is 1. The Morgan fingerprint density at radius 2 is 2.04 bits per heavy atom. The van der Waals surface area contributed by atoms with Crippen molar-refractivity contribution >= 4 is 43.3 Å². The molecule has 0 saturated carbocycles. The van der Waals surface area contributed by atoms with E-state index in [-0.39, 0.29) is 5.41 Å². The molecule has 0 N–H and O–H groups in total. The number of hydrogen-bond acceptors (Lipinski definition) is 5. The third kappa shape index (κ3) is 2.55. The molecule has 0 bridgehead atoms. The van der Waals surface area contributed by atoms with Crippen LogP contribution in [-0.4, -0.2) is 36.8 Å². The summed E-state index contributed by atoms with van der Waals surface area (Å²) in [4.78, 5) is 11.2. The van der Waals surface area contributed by atoms with Gasteiger partial charge in [0.1, 0.15) is 12.1 Å². The number of rotatable bonds is 4. The second-order valence-corrected chi connectivity index (χ2v) is 8.33. The summed E-state index contributed by atoms with van der Waals surface area (Å²) in [5.41, 5.74) is 2.37. The van der Waals surface area contributed by atoms with Gasteiger partial charge in [-0.15, -0.1) is 11.3 Å². The lowest BCUT2D eigenvalue weighted by atomic mass is 9.74. The number of benzene rings is 1. The van der Waals surface area contributed by atoms with Crippen LogP contribution >= 0.6 is 27.3 Å². The molecule has 1 saturated heterocycles. The summed E-state index contributed by atoms with van der Waals surface area (Å²) in [6.07, 6.45) is 1.65. The molecule has 3 aromatic rings. The molecule has 1 aliphatic heterocycles. The van der Waals surface area contributed by atoms with Crippen molar-refractivity contribution in [2.24, 2.45) is 0 Å². The molecule has 0 atom stereocenters. The molecule has 3 heterocycles. The topological polar surface area (TPSA) is 38.2 Å². The van der Waals surface area contributed by atoms with Gasteiger partial charge >= 0.3 is 0 Å². The first kappa shape index (κ1) is 15.1. The highest BCUT2D eigenvalue weighted by Crippen LogP contribution is 2.41. The van der Waals surface area contributed by atoms with Gasteiger partial charge in [0.25, 0.3) is 0 Å². The van der Waals surface area contributed by atoms with E-state index < -0.39 is 0 Å². The van der Waals surface area contributed by atoms with Crippen molar-refractivity contribution < 1.29 is 4.74 Å². The van der Waals surface area contributed by atoms with Crippen LogP contribution in [0.25, 0.3) is 10.2 Å². The second-order valence-electron chi connectivity index (χ2n) is 5.90. The van der Waals surface area contributed by atoms with Gasteiger partial charge in [-0.2, -0.15) is 0 Å². The minimum atomic E-state index is 0.0434. The van der Waals surface area contributed by atoms with Crippen LogP contribution in [0.15, 0.2) is 46.5 Å². The van der Waals surface area contributed by atoms with E-state index in [4.69, 9.17) is 4.74 Å². The largest absolute Gasteiger partial charge is 0.384 e. The number of aromatic nitrogens is 2. The predicted octanol–water partition coefficient (Wildman–Crippen LogP) is 3.86. The lowest BCUT2D eigenvalue weighted by Gasteiger charge is -2.50. The van der Waals surface area contributed by atoms with Crippen LogP contribution < -0.4 is 4.90 Å². The number of anilines is 1. The number of thiophene rings is 1. The quantitative estimate of drug-likeness (QED) is 0.678. The van der Waals surface area contributed by atoms with Crippen LogP contribution in [0.5, 0.6) is 0 Å². The molecule has 2 aromatic heterocycles. The van der Waals surface area contributed by atoms with Crippen molar-refractivity contribution in [1.82, 2.24) is 9.97 Å². The average Bonchev–Trinajstić information content (AvgIpc) is 2.92. The Morgan fingerprint density at radius 3 is 2.78 bits per heavy atom. The highest BCUT2D eigenvalue weighted by molar-refractivity contribution is 9.11. The molecule has 0 aliphatic carbocycles. The number of hydrogen-bond donors (Lipinski definition) is 0. The molecule has 1 fully saturated rings. The fourth-order valence-electron chi connectivity index (χ4n) is 3.30. The number of fused-ring (bicyclic) bond motifs is 1. The predicted molar refractivity (Wildman–Crippen MR) is 97.3 cm³/mol. The van der Waals surface area contributed by atoms with E-state index in [2.05, 4.69) is 61.1 Å². The van der Waals surface area contributed by atoms with Crippen LogP contribution in [0.1, 0.15) is 5.56 Å². The summed E-state index contributed by atoms with van der Waals surface area (Å²) in [6.45, 7) is 2.54. The molecule has 1 aliphatic rings. The molecule has 0 spiro atoms. The van der Waals surface area contributed by atoms with Crippen molar-refractivity contribution in [3.05, 3.63) is 52.1 Å². The van der Waals surface area contributed by atoms with E-state index in [1.54, 1.807) is 24.8 Å². The maximum absolute atomic E-state index is 5.52. The lowest BCUT2D eigenvalue weighted by molar-refractivity contribution is 0.110. The van der Waals surface area contributed by atoms with Crippen LogP contribution in [0.2, 0.25) is 0 Å². The zero-order valence-corrected chi connectivity index (χ0v) is 15.1. The van der Waals surface area contributed by atoms with E-state index in [1.807, 2.05) is 6.07 Å². The van der Waals surface area contributed by atoms with Gasteiger partial charge in [0.2, 0.25) is 0 Å². The van der Waals surface area contributed by atoms with Gasteiger partial charge in [0.05, 0.1) is 26.0 Å². The lowest BCUT2D eigenvalue weighted by Crippen LogP contribution is -2.62. The molecule has 118 valence electrons. The first-order valence-corrected chi connectivity index (χ1v) is 9.02. The number of nitrogens with zero attached hydrogens (tertiary/aromatic N) is 3. The number of halogens is 1. The van der Waals surface area contributed by atoms with Gasteiger partial charge in [-0.3, -0.25) is 0 Å². The fraction of sp³-hybridized carbons (Fsp3) is 0.294. The van der Waals surface area contributed by atoms with Gasteiger partial charge in [-0.25, -0.2) is 9.97 Å². The third-order valence-corrected chi connectivity index (χ3v) is 5.98. The first-order chi connectivity index (χ1) is 11.2. The molecule has 0 radical (unpaired) electrons. The summed E-state index contributed by atoms with van der Waals surface area (Å²) in [5, 5.41) is 0. The Morgan fingerprint density at radius 1 is 1.26 bits per heavy atom. The highest BCUT2D eigenvalue weighted by Gasteiger charge is 2.45. The minimum absolute atomic E-state index is 0.0434. The normalized spacial score (nSPS) is 16.5. The third-order valence-electron chi connectivity index (χ3n) is 4.36. The molecule has 0 amide bonds. The van der Waals surface area contributed by atoms with Crippen LogP contribution in [-0.2, 0) is 10.2 Å². The van der Waals surface area contributed by atoms with Crippen molar-refractivity contribution in [3.8, 4) is 0 Å². The monoisotopic (exact) mass is 389 g/mol. The molecule has 4 nitrogen and oxygen atoms in total. The van der Waals surface area contributed by atoms with Crippen LogP contribution in [0.3, 0.4) is 0 Å². The molecule has 23 heavy (non-hydrogen) atoms. The van der Waals surface area contributed by atoms with Crippen LogP contribution in [0.4, 0.5) is 5.82 Å². The van der Waals surface area contributed by atoms with E-state index >= 15 is 0 Å². The Bertz CT molecular complexity index is 830. The smallest absolute Gasteiger partial charge is 0.150 e. The molecular formula is C17H16BrN3OS. The van der Waals surface area contributed by atoms with Crippen molar-refractivity contribution in [1.29, 1.82) is 0 Å². The minimum Gasteiger partial charge on any atom is -0.384 e. The maximum atomic E-state index is 5.52. The molecule has 6 heteroatoms. The SMILES string of the molecule is COCC1(c2ccccc2)CN(c2ncnc3cc(Br)sc23)C1. The molecule has 4 rings (SSSR count). The van der Waals surface area contributed by atoms with Gasteiger partial charge in [-0.05, 0) is 27.6 Å². The summed E-state index contributed by atoms with van der Waals surface area (Å²) in [5.74, 6) is 1.02. The Balaban J connectivity index is 1.66. The Kier molecular flexibility index (Phi) is 3.83. The summed E-state index contributed by atoms with van der Waals surface area (Å²) in [7, 11) is 1.77. The molecule has 1 aromatic carbocycles. The number of ether oxygens (including phenoxy) is 1. The first-order valence-electron chi connectivity index (χ1n) is 7.41. The standard InChI is InChI=1S/C17H16BrN3OS/c1-22-10-17(12-5-3-2-4-6-12)8-21(9-17)16-15-13(19-11-20-16)7-14(18)23-15/h2-7,11H,8-10H2,1H3. The van der Waals surface area contributed by atoms with Crippen molar-refractivity contribution in [2.45, 2.75) is 5.41 Å². The summed E-state index contributed by atoms with van der Waals surface area (Å²) >= 11 is 5.23. The van der Waals surface area contributed by atoms with Gasteiger partial charge in [0.15, 0.2) is 0 Å². The molecule has 0 unspecified atom stereocenters. The van der Waals surface area contributed by atoms with Crippen molar-refractivity contribution in [3.63, 3.8) is 0 Å². The zero-order chi connectivity index (χ0) is 15.9. The second kappa shape index (κ2) is 5.85. The summed E-state index contributed by atoms with van der Waals surface area (Å²) in [6, 6.07) is 12.7. The van der Waals surface area contributed by atoms with Gasteiger partial charge in [0, 0.05) is 20.2 Å². The Hall–Kier alpha value is -1.50. The van der Waals surface area contributed by atoms with Gasteiger partial charge in [-0.1, -0.05) is 30.3 Å². The molecular weight excluding hydrogens is 374 g/mol. The van der Waals surface area contributed by atoms with Crippen molar-refractivity contribution in [2.75, 3.05) is 31.7 Å². The highest BCUT2D eigenvalue weighted by atomic mass is 79.9. The fourth-order valence-corrected chi connectivity index (χ4v) is 4.85. The Labute approximate surface area is 147 Å². The van der Waals surface area contributed by atoms with E-state index in [0.29, 0.717) is 0 Å². The van der Waals surface area contributed by atoms with E-state index in [1.165, 1.54) is 5.56 Å². The zero-order valence-electron chi connectivity index (χ0n) is 12.7. The maximum Gasteiger partial charge on any atom is 0.150 e. The van der Waals surface area contributed by atoms with Crippen LogP contribution in [0, 0.1) is 0 Å². The average molecular weight is 390 g/mol. The van der Waals surface area contributed by atoms with Gasteiger partial charge < -0.3 is 9.64 Å².